The monoisotopic (exact) mass is 257 g/mol. The molecule has 1 heterocycles. The second-order valence-electron chi connectivity index (χ2n) is 5.09. The van der Waals surface area contributed by atoms with Crippen LogP contribution in [0.25, 0.3) is 0 Å². The first kappa shape index (κ1) is 13.8. The molecule has 0 amide bonds. The Hall–Kier alpha value is -1.61. The summed E-state index contributed by atoms with van der Waals surface area (Å²) in [7, 11) is 1.98. The van der Waals surface area contributed by atoms with Gasteiger partial charge >= 0.3 is 0 Å². The van der Waals surface area contributed by atoms with Gasteiger partial charge in [0.2, 0.25) is 0 Å². The first-order valence-electron chi connectivity index (χ1n) is 6.92. The van der Waals surface area contributed by atoms with E-state index in [9.17, 15) is 0 Å². The van der Waals surface area contributed by atoms with Crippen molar-refractivity contribution < 1.29 is 0 Å². The lowest BCUT2D eigenvalue weighted by molar-refractivity contribution is 0.594. The zero-order valence-electron chi connectivity index (χ0n) is 12.3. The van der Waals surface area contributed by atoms with Crippen LogP contribution in [-0.2, 0) is 7.05 Å². The highest BCUT2D eigenvalue weighted by Gasteiger charge is 2.19. The first-order valence-corrected chi connectivity index (χ1v) is 6.92. The van der Waals surface area contributed by atoms with Gasteiger partial charge in [0, 0.05) is 18.8 Å². The molecule has 2 aromatic rings. The van der Waals surface area contributed by atoms with Gasteiger partial charge in [0.1, 0.15) is 0 Å². The maximum absolute atomic E-state index is 4.47. The zero-order valence-corrected chi connectivity index (χ0v) is 12.3. The third-order valence-corrected chi connectivity index (χ3v) is 3.46. The van der Waals surface area contributed by atoms with Crippen LogP contribution in [0.5, 0.6) is 0 Å². The molecule has 0 spiro atoms. The topological polar surface area (TPSA) is 29.9 Å². The molecule has 1 N–H and O–H groups in total. The van der Waals surface area contributed by atoms with Crippen LogP contribution in [0.2, 0.25) is 0 Å². The van der Waals surface area contributed by atoms with Crippen LogP contribution in [0, 0.1) is 13.8 Å². The lowest BCUT2D eigenvalue weighted by Crippen LogP contribution is -2.24. The minimum Gasteiger partial charge on any atom is -0.306 e. The Bertz CT molecular complexity index is 543. The average Bonchev–Trinajstić information content (AvgIpc) is 2.71. The highest BCUT2D eigenvalue weighted by atomic mass is 15.3. The summed E-state index contributed by atoms with van der Waals surface area (Å²) in [6.45, 7) is 7.45. The van der Waals surface area contributed by atoms with Gasteiger partial charge in [-0.1, -0.05) is 31.2 Å². The summed E-state index contributed by atoms with van der Waals surface area (Å²) in [4.78, 5) is 0. The molecule has 2 rings (SSSR count). The van der Waals surface area contributed by atoms with Crippen LogP contribution in [-0.4, -0.2) is 16.3 Å². The molecule has 0 saturated heterocycles. The molecule has 0 aliphatic heterocycles. The maximum Gasteiger partial charge on any atom is 0.0644 e. The fourth-order valence-corrected chi connectivity index (χ4v) is 2.49. The van der Waals surface area contributed by atoms with Gasteiger partial charge in [0.25, 0.3) is 0 Å². The fourth-order valence-electron chi connectivity index (χ4n) is 2.49. The number of aromatic nitrogens is 2. The predicted molar refractivity (Wildman–Crippen MR) is 79.3 cm³/mol. The second-order valence-corrected chi connectivity index (χ2v) is 5.09. The Morgan fingerprint density at radius 2 is 1.95 bits per heavy atom. The Kier molecular flexibility index (Phi) is 4.38. The molecular formula is C16H23N3. The third kappa shape index (κ3) is 3.04. The lowest BCUT2D eigenvalue weighted by Gasteiger charge is -2.20. The van der Waals surface area contributed by atoms with Crippen LogP contribution in [0.15, 0.2) is 30.5 Å². The molecule has 0 radical (unpaired) electrons. The van der Waals surface area contributed by atoms with E-state index in [1.54, 1.807) is 0 Å². The van der Waals surface area contributed by atoms with Crippen LogP contribution in [0.1, 0.15) is 41.8 Å². The summed E-state index contributed by atoms with van der Waals surface area (Å²) in [6, 6.07) is 8.80. The van der Waals surface area contributed by atoms with Gasteiger partial charge in [-0.3, -0.25) is 4.68 Å². The Labute approximate surface area is 115 Å². The van der Waals surface area contributed by atoms with E-state index >= 15 is 0 Å². The standard InChI is InChI=1S/C16H23N3/c1-5-10-17-16(14-9-7-6-8-12(14)2)15-11-19(4)18-13(15)3/h6-9,11,16-17H,5,10H2,1-4H3. The van der Waals surface area contributed by atoms with E-state index in [0.29, 0.717) is 0 Å². The number of aryl methyl sites for hydroxylation is 3. The molecule has 19 heavy (non-hydrogen) atoms. The molecule has 1 aromatic heterocycles. The number of rotatable bonds is 5. The largest absolute Gasteiger partial charge is 0.306 e. The van der Waals surface area contributed by atoms with Gasteiger partial charge in [0.15, 0.2) is 0 Å². The highest BCUT2D eigenvalue weighted by Crippen LogP contribution is 2.26. The minimum absolute atomic E-state index is 0.231. The molecule has 3 nitrogen and oxygen atoms in total. The van der Waals surface area contributed by atoms with E-state index in [-0.39, 0.29) is 6.04 Å². The second kappa shape index (κ2) is 6.02. The van der Waals surface area contributed by atoms with Crippen LogP contribution in [0.4, 0.5) is 0 Å². The molecule has 0 fully saturated rings. The molecule has 1 atom stereocenters. The normalized spacial score (nSPS) is 12.6. The van der Waals surface area contributed by atoms with E-state index in [4.69, 9.17) is 0 Å². The van der Waals surface area contributed by atoms with Crippen molar-refractivity contribution in [3.05, 3.63) is 52.8 Å². The summed E-state index contributed by atoms with van der Waals surface area (Å²) in [5.74, 6) is 0. The van der Waals surface area contributed by atoms with Gasteiger partial charge in [-0.15, -0.1) is 0 Å². The molecule has 0 bridgehead atoms. The van der Waals surface area contributed by atoms with Gasteiger partial charge < -0.3 is 5.32 Å². The molecule has 1 unspecified atom stereocenters. The number of hydrogen-bond donors (Lipinski definition) is 1. The SMILES string of the molecule is CCCNC(c1ccccc1C)c1cn(C)nc1C. The van der Waals surface area contributed by atoms with Crippen LogP contribution in [0.3, 0.4) is 0 Å². The van der Waals surface area contributed by atoms with Crippen LogP contribution < -0.4 is 5.32 Å². The summed E-state index contributed by atoms with van der Waals surface area (Å²) in [6.07, 6.45) is 3.25. The summed E-state index contributed by atoms with van der Waals surface area (Å²) >= 11 is 0. The number of nitrogens with one attached hydrogen (secondary N) is 1. The molecular weight excluding hydrogens is 234 g/mol. The summed E-state index contributed by atoms with van der Waals surface area (Å²) in [5, 5.41) is 8.12. The van der Waals surface area contributed by atoms with Gasteiger partial charge in [-0.2, -0.15) is 5.10 Å². The molecule has 3 heteroatoms. The Balaban J connectivity index is 2.41. The van der Waals surface area contributed by atoms with Crippen molar-refractivity contribution in [1.82, 2.24) is 15.1 Å². The maximum atomic E-state index is 4.47. The lowest BCUT2D eigenvalue weighted by atomic mass is 9.95. The average molecular weight is 257 g/mol. The molecule has 0 aliphatic carbocycles. The smallest absolute Gasteiger partial charge is 0.0644 e. The predicted octanol–water partition coefficient (Wildman–Crippen LogP) is 3.13. The van der Waals surface area contributed by atoms with E-state index in [2.05, 4.69) is 61.6 Å². The third-order valence-electron chi connectivity index (χ3n) is 3.46. The van der Waals surface area contributed by atoms with Crippen molar-refractivity contribution in [3.63, 3.8) is 0 Å². The molecule has 1 aromatic carbocycles. The van der Waals surface area contributed by atoms with Crippen molar-refractivity contribution in [1.29, 1.82) is 0 Å². The van der Waals surface area contributed by atoms with E-state index in [1.165, 1.54) is 16.7 Å². The van der Waals surface area contributed by atoms with Gasteiger partial charge in [-0.05, 0) is 37.9 Å². The van der Waals surface area contributed by atoms with Crippen molar-refractivity contribution in [2.24, 2.45) is 7.05 Å². The van der Waals surface area contributed by atoms with Crippen molar-refractivity contribution >= 4 is 0 Å². The number of nitrogens with zero attached hydrogens (tertiary/aromatic N) is 2. The minimum atomic E-state index is 0.231. The van der Waals surface area contributed by atoms with E-state index in [0.717, 1.165) is 18.7 Å². The zero-order chi connectivity index (χ0) is 13.8. The quantitative estimate of drug-likeness (QED) is 0.892. The Morgan fingerprint density at radius 1 is 1.21 bits per heavy atom. The molecule has 102 valence electrons. The fraction of sp³-hybridized carbons (Fsp3) is 0.438. The van der Waals surface area contributed by atoms with Crippen molar-refractivity contribution in [3.8, 4) is 0 Å². The van der Waals surface area contributed by atoms with Gasteiger partial charge in [0.05, 0.1) is 11.7 Å². The number of hydrogen-bond acceptors (Lipinski definition) is 2. The molecule has 0 aliphatic rings. The molecule has 0 saturated carbocycles. The van der Waals surface area contributed by atoms with Gasteiger partial charge in [-0.25, -0.2) is 0 Å². The Morgan fingerprint density at radius 3 is 2.53 bits per heavy atom. The summed E-state index contributed by atoms with van der Waals surface area (Å²) in [5.41, 5.74) is 5.02. The van der Waals surface area contributed by atoms with Crippen molar-refractivity contribution in [2.75, 3.05) is 6.54 Å². The van der Waals surface area contributed by atoms with E-state index in [1.807, 2.05) is 11.7 Å². The van der Waals surface area contributed by atoms with Crippen LogP contribution >= 0.6 is 0 Å². The summed E-state index contributed by atoms with van der Waals surface area (Å²) < 4.78 is 1.89. The number of benzene rings is 1. The van der Waals surface area contributed by atoms with Crippen molar-refractivity contribution in [2.45, 2.75) is 33.2 Å². The first-order chi connectivity index (χ1) is 9.13. The highest BCUT2D eigenvalue weighted by molar-refractivity contribution is 5.37. The van der Waals surface area contributed by atoms with E-state index < -0.39 is 0 Å².